The van der Waals surface area contributed by atoms with Crippen LogP contribution < -0.4 is 0 Å². The van der Waals surface area contributed by atoms with Crippen molar-refractivity contribution in [2.75, 3.05) is 19.8 Å². The van der Waals surface area contributed by atoms with Crippen molar-refractivity contribution in [2.24, 2.45) is 0 Å². The fraction of sp³-hybridized carbons (Fsp3) is 0.429. The molecule has 1 aliphatic heterocycles. The third kappa shape index (κ3) is 1.99. The second kappa shape index (κ2) is 3.98. The van der Waals surface area contributed by atoms with E-state index in [1.807, 2.05) is 10.8 Å². The molecule has 0 fully saturated rings. The van der Waals surface area contributed by atoms with E-state index in [1.165, 1.54) is 5.03 Å². The Kier molecular flexibility index (Phi) is 3.22. The summed E-state index contributed by atoms with van der Waals surface area (Å²) >= 11 is 0. The van der Waals surface area contributed by atoms with Crippen molar-refractivity contribution in [2.45, 2.75) is 0 Å². The number of rotatable bonds is 2. The van der Waals surface area contributed by atoms with Gasteiger partial charge in [-0.3, -0.25) is 0 Å². The van der Waals surface area contributed by atoms with E-state index in [2.05, 4.69) is 36.4 Å². The van der Waals surface area contributed by atoms with Gasteiger partial charge in [0, 0.05) is 13.6 Å². The first-order valence-electron chi connectivity index (χ1n) is 3.13. The molecule has 0 aromatic rings. The summed E-state index contributed by atoms with van der Waals surface area (Å²) in [4.78, 5) is 2.24. The average Bonchev–Trinajstić information content (AvgIpc) is 1.94. The summed E-state index contributed by atoms with van der Waals surface area (Å²) in [6, 6.07) is 0. The predicted molar refractivity (Wildman–Crippen MR) is 51.0 cm³/mol. The van der Waals surface area contributed by atoms with E-state index in [1.54, 1.807) is 10.8 Å². The Morgan fingerprint density at radius 3 is 3.00 bits per heavy atom. The topological polar surface area (TPSA) is 3.24 Å². The van der Waals surface area contributed by atoms with E-state index in [9.17, 15) is 0 Å². The van der Waals surface area contributed by atoms with E-state index < -0.39 is 0 Å². The largest absolute Gasteiger partial charge is 0.365 e. The van der Waals surface area contributed by atoms with Crippen LogP contribution in [0.1, 0.15) is 0 Å². The number of likely N-dealkylation sites (N-methyl/N-ethyl adjacent to an activating group) is 1. The molecular formula is C7H11NS2. The van der Waals surface area contributed by atoms with Crippen molar-refractivity contribution in [1.29, 1.82) is 0 Å². The van der Waals surface area contributed by atoms with E-state index in [4.69, 9.17) is 0 Å². The molecule has 3 heteroatoms. The third-order valence-electron chi connectivity index (χ3n) is 1.30. The number of hydrogen-bond donors (Lipinski definition) is 0. The van der Waals surface area contributed by atoms with Gasteiger partial charge >= 0.3 is 0 Å². The molecule has 0 atom stereocenters. The molecule has 0 spiro atoms. The highest BCUT2D eigenvalue weighted by molar-refractivity contribution is 8.77. The lowest BCUT2D eigenvalue weighted by Gasteiger charge is -2.21. The Morgan fingerprint density at radius 2 is 2.40 bits per heavy atom. The maximum absolute atomic E-state index is 2.24. The van der Waals surface area contributed by atoms with Crippen LogP contribution >= 0.6 is 21.6 Å². The summed E-state index contributed by atoms with van der Waals surface area (Å²) in [5.41, 5.74) is 0. The van der Waals surface area contributed by atoms with Crippen molar-refractivity contribution >= 4 is 21.6 Å². The summed E-state index contributed by atoms with van der Waals surface area (Å²) in [6.07, 6.45) is 8.51. The van der Waals surface area contributed by atoms with Crippen LogP contribution in [0.2, 0.25) is 0 Å². The molecule has 0 radical (unpaired) electrons. The van der Waals surface area contributed by atoms with Crippen molar-refractivity contribution in [3.05, 3.63) is 23.3 Å². The first-order chi connectivity index (χ1) is 4.84. The van der Waals surface area contributed by atoms with Gasteiger partial charge in [0.1, 0.15) is 0 Å². The standard InChI is InChI=1S/C7H11NS2/c1-8-6-4-3-5-7(8)10-9-2/h3-5H,6H2,1-2H3. The molecule has 10 heavy (non-hydrogen) atoms. The van der Waals surface area contributed by atoms with Crippen LogP contribution in [0, 0.1) is 0 Å². The molecule has 56 valence electrons. The quantitative estimate of drug-likeness (QED) is 0.590. The zero-order valence-electron chi connectivity index (χ0n) is 6.20. The first kappa shape index (κ1) is 8.08. The van der Waals surface area contributed by atoms with Gasteiger partial charge in [-0.2, -0.15) is 0 Å². The summed E-state index contributed by atoms with van der Waals surface area (Å²) < 4.78 is 0. The fourth-order valence-corrected chi connectivity index (χ4v) is 2.33. The van der Waals surface area contributed by atoms with Crippen molar-refractivity contribution in [1.82, 2.24) is 4.90 Å². The van der Waals surface area contributed by atoms with Crippen molar-refractivity contribution in [3.8, 4) is 0 Å². The highest BCUT2D eigenvalue weighted by atomic mass is 33.1. The van der Waals surface area contributed by atoms with Gasteiger partial charge < -0.3 is 4.90 Å². The monoisotopic (exact) mass is 173 g/mol. The molecule has 0 aromatic carbocycles. The Balaban J connectivity index is 2.52. The zero-order valence-corrected chi connectivity index (χ0v) is 7.84. The summed E-state index contributed by atoms with van der Waals surface area (Å²) in [7, 11) is 5.71. The van der Waals surface area contributed by atoms with Crippen LogP contribution in [-0.4, -0.2) is 24.7 Å². The van der Waals surface area contributed by atoms with Gasteiger partial charge in [0.2, 0.25) is 0 Å². The lowest BCUT2D eigenvalue weighted by Crippen LogP contribution is -2.17. The van der Waals surface area contributed by atoms with Crippen molar-refractivity contribution in [3.63, 3.8) is 0 Å². The maximum atomic E-state index is 2.24. The fourth-order valence-electron chi connectivity index (χ4n) is 0.763. The van der Waals surface area contributed by atoms with Gasteiger partial charge in [-0.15, -0.1) is 0 Å². The minimum Gasteiger partial charge on any atom is -0.365 e. The van der Waals surface area contributed by atoms with Crippen LogP contribution in [0.3, 0.4) is 0 Å². The Labute approximate surface area is 69.9 Å². The number of nitrogens with zero attached hydrogens (tertiary/aromatic N) is 1. The van der Waals surface area contributed by atoms with E-state index >= 15 is 0 Å². The minimum atomic E-state index is 1.04. The minimum absolute atomic E-state index is 1.04. The molecular weight excluding hydrogens is 162 g/mol. The summed E-state index contributed by atoms with van der Waals surface area (Å²) in [5, 5.41) is 1.34. The van der Waals surface area contributed by atoms with Gasteiger partial charge in [-0.1, -0.05) is 22.9 Å². The van der Waals surface area contributed by atoms with Gasteiger partial charge in [-0.05, 0) is 23.1 Å². The lowest BCUT2D eigenvalue weighted by molar-refractivity contribution is 0.493. The molecule has 1 aliphatic rings. The van der Waals surface area contributed by atoms with Crippen LogP contribution in [0.4, 0.5) is 0 Å². The molecule has 0 aliphatic carbocycles. The second-order valence-electron chi connectivity index (χ2n) is 2.06. The molecule has 1 heterocycles. The SMILES string of the molecule is CSSC1=CC=CCN1C. The number of allylic oxidation sites excluding steroid dienone is 2. The van der Waals surface area contributed by atoms with Gasteiger partial charge in [0.15, 0.2) is 0 Å². The zero-order chi connectivity index (χ0) is 7.40. The van der Waals surface area contributed by atoms with Gasteiger partial charge in [-0.25, -0.2) is 0 Å². The first-order valence-corrected chi connectivity index (χ1v) is 5.69. The Bertz CT molecular complexity index is 163. The highest BCUT2D eigenvalue weighted by Gasteiger charge is 2.04. The van der Waals surface area contributed by atoms with Crippen LogP contribution in [0.25, 0.3) is 0 Å². The number of hydrogen-bond acceptors (Lipinski definition) is 3. The molecule has 0 N–H and O–H groups in total. The second-order valence-corrected chi connectivity index (χ2v) is 4.48. The molecule has 1 rings (SSSR count). The molecule has 1 nitrogen and oxygen atoms in total. The van der Waals surface area contributed by atoms with Crippen LogP contribution in [0.5, 0.6) is 0 Å². The van der Waals surface area contributed by atoms with Crippen LogP contribution in [0.15, 0.2) is 23.3 Å². The Morgan fingerprint density at radius 1 is 1.60 bits per heavy atom. The predicted octanol–water partition coefficient (Wildman–Crippen LogP) is 2.34. The maximum Gasteiger partial charge on any atom is 0.0815 e. The molecule has 0 amide bonds. The Hall–Kier alpha value is -0.0200. The van der Waals surface area contributed by atoms with Crippen LogP contribution in [-0.2, 0) is 0 Å². The molecule has 0 bridgehead atoms. The van der Waals surface area contributed by atoms with Gasteiger partial charge in [0.25, 0.3) is 0 Å². The molecule has 0 aromatic heterocycles. The normalized spacial score (nSPS) is 17.4. The molecule has 0 saturated carbocycles. The highest BCUT2D eigenvalue weighted by Crippen LogP contribution is 2.30. The van der Waals surface area contributed by atoms with E-state index in [0.717, 1.165) is 6.54 Å². The van der Waals surface area contributed by atoms with Gasteiger partial charge in [0.05, 0.1) is 5.03 Å². The molecule has 0 unspecified atom stereocenters. The summed E-state index contributed by atoms with van der Waals surface area (Å²) in [5.74, 6) is 0. The third-order valence-corrected chi connectivity index (χ3v) is 3.10. The summed E-state index contributed by atoms with van der Waals surface area (Å²) in [6.45, 7) is 1.04. The average molecular weight is 173 g/mol. The van der Waals surface area contributed by atoms with Crippen molar-refractivity contribution < 1.29 is 0 Å². The molecule has 0 saturated heterocycles. The van der Waals surface area contributed by atoms with E-state index in [-0.39, 0.29) is 0 Å². The lowest BCUT2D eigenvalue weighted by atomic mass is 10.4. The van der Waals surface area contributed by atoms with E-state index in [0.29, 0.717) is 0 Å². The smallest absolute Gasteiger partial charge is 0.0815 e.